The number of carbonyl (C=O) groups excluding carboxylic acids is 2. The summed E-state index contributed by atoms with van der Waals surface area (Å²) in [6.07, 6.45) is 2.52. The first kappa shape index (κ1) is 37.3. The molecule has 2 fully saturated rings. The summed E-state index contributed by atoms with van der Waals surface area (Å²) < 4.78 is 49.3. The topological polar surface area (TPSA) is 143 Å². The minimum atomic E-state index is -1.43. The van der Waals surface area contributed by atoms with Crippen molar-refractivity contribution in [3.8, 4) is 28.7 Å². The molecular formula is C41H38BrF2N7O5. The van der Waals surface area contributed by atoms with Gasteiger partial charge in [0.1, 0.15) is 34.2 Å². The largest absolute Gasteiger partial charge is 0.497 e. The van der Waals surface area contributed by atoms with Crippen LogP contribution in [0.1, 0.15) is 29.7 Å². The number of nitrogens with zero attached hydrogens (tertiary/aromatic N) is 5. The van der Waals surface area contributed by atoms with Crippen LogP contribution in [-0.4, -0.2) is 77.1 Å². The highest BCUT2D eigenvalue weighted by atomic mass is 79.9. The second kappa shape index (κ2) is 15.1. The van der Waals surface area contributed by atoms with E-state index in [-0.39, 0.29) is 30.0 Å². The van der Waals surface area contributed by atoms with Crippen molar-refractivity contribution in [2.45, 2.75) is 25.8 Å². The Balaban J connectivity index is 1.19. The van der Waals surface area contributed by atoms with Crippen LogP contribution >= 0.6 is 15.9 Å². The molecule has 1 aliphatic heterocycles. The zero-order valence-corrected chi connectivity index (χ0v) is 32.2. The molecule has 4 heterocycles. The van der Waals surface area contributed by atoms with E-state index in [0.29, 0.717) is 57.0 Å². The van der Waals surface area contributed by atoms with Crippen molar-refractivity contribution in [2.75, 3.05) is 45.2 Å². The van der Waals surface area contributed by atoms with Gasteiger partial charge in [-0.25, -0.2) is 13.8 Å². The maximum Gasteiger partial charge on any atom is 0.247 e. The molecule has 0 spiro atoms. The van der Waals surface area contributed by atoms with Gasteiger partial charge in [0.2, 0.25) is 11.8 Å². The summed E-state index contributed by atoms with van der Waals surface area (Å²) in [4.78, 5) is 36.7. The summed E-state index contributed by atoms with van der Waals surface area (Å²) in [5.74, 6) is -0.632. The number of piperazine rings is 1. The predicted octanol–water partition coefficient (Wildman–Crippen LogP) is 7.33. The number of pyridine rings is 1. The van der Waals surface area contributed by atoms with Gasteiger partial charge >= 0.3 is 0 Å². The lowest BCUT2D eigenvalue weighted by atomic mass is 10.0. The quantitative estimate of drug-likeness (QED) is 0.121. The first-order valence-electron chi connectivity index (χ1n) is 18.1. The summed E-state index contributed by atoms with van der Waals surface area (Å²) in [6, 6.07) is 18.7. The molecule has 0 radical (unpaired) electrons. The van der Waals surface area contributed by atoms with E-state index in [2.05, 4.69) is 48.0 Å². The highest BCUT2D eigenvalue weighted by Crippen LogP contribution is 2.49. The third kappa shape index (κ3) is 7.24. The van der Waals surface area contributed by atoms with Gasteiger partial charge in [0, 0.05) is 56.1 Å². The fourth-order valence-electron chi connectivity index (χ4n) is 6.96. The van der Waals surface area contributed by atoms with Crippen LogP contribution in [0.2, 0.25) is 0 Å². The lowest BCUT2D eigenvalue weighted by molar-refractivity contribution is -0.133. The van der Waals surface area contributed by atoms with Gasteiger partial charge in [-0.2, -0.15) is 5.10 Å². The Labute approximate surface area is 329 Å². The van der Waals surface area contributed by atoms with Crippen molar-refractivity contribution >= 4 is 50.2 Å². The Bertz CT molecular complexity index is 2420. The van der Waals surface area contributed by atoms with E-state index in [1.807, 2.05) is 30.3 Å². The van der Waals surface area contributed by atoms with Gasteiger partial charge in [0.05, 0.1) is 29.2 Å². The van der Waals surface area contributed by atoms with E-state index in [4.69, 9.17) is 19.6 Å². The Morgan fingerprint density at radius 2 is 1.71 bits per heavy atom. The summed E-state index contributed by atoms with van der Waals surface area (Å²) in [5.41, 5.74) is 6.93. The van der Waals surface area contributed by atoms with Gasteiger partial charge in [0.15, 0.2) is 23.0 Å². The number of halogens is 3. The number of rotatable bonds is 12. The minimum Gasteiger partial charge on any atom is -0.497 e. The van der Waals surface area contributed by atoms with Gasteiger partial charge in [-0.1, -0.05) is 12.1 Å². The van der Waals surface area contributed by atoms with Crippen molar-refractivity contribution in [3.05, 3.63) is 112 Å². The number of primary amides is 1. The fraction of sp³-hybridized carbons (Fsp3) is 0.268. The van der Waals surface area contributed by atoms with Gasteiger partial charge in [0.25, 0.3) is 0 Å². The molecule has 12 nitrogen and oxygen atoms in total. The first-order valence-corrected chi connectivity index (χ1v) is 18.9. The second-order valence-corrected chi connectivity index (χ2v) is 15.0. The molecular weight excluding hydrogens is 788 g/mol. The molecule has 0 unspecified atom stereocenters. The van der Waals surface area contributed by atoms with Crippen molar-refractivity contribution < 1.29 is 32.3 Å². The fourth-order valence-corrected chi connectivity index (χ4v) is 7.49. The average molecular weight is 827 g/mol. The van der Waals surface area contributed by atoms with Gasteiger partial charge in [-0.05, 0) is 96.0 Å². The lowest BCUT2D eigenvalue weighted by Crippen LogP contribution is -2.43. The second-order valence-electron chi connectivity index (χ2n) is 14.2. The average Bonchev–Trinajstić information content (AvgIpc) is 3.79. The number of aromatic nitrogens is 3. The molecule has 288 valence electrons. The molecule has 8 rings (SSSR count). The van der Waals surface area contributed by atoms with Crippen LogP contribution in [0, 0.1) is 17.0 Å². The molecule has 0 atom stereocenters. The summed E-state index contributed by atoms with van der Waals surface area (Å²) >= 11 is 3.69. The van der Waals surface area contributed by atoms with Crippen LogP contribution in [0.4, 0.5) is 20.2 Å². The van der Waals surface area contributed by atoms with Crippen LogP contribution in [0.15, 0.2) is 87.9 Å². The first-order chi connectivity index (χ1) is 27.0. The molecule has 2 aliphatic rings. The number of hydrogen-bond acceptors (Lipinski definition) is 9. The Morgan fingerprint density at radius 3 is 2.38 bits per heavy atom. The van der Waals surface area contributed by atoms with Crippen LogP contribution in [0.5, 0.6) is 17.2 Å². The summed E-state index contributed by atoms with van der Waals surface area (Å²) in [5, 5.41) is 8.02. The molecule has 15 heteroatoms. The number of amides is 2. The predicted molar refractivity (Wildman–Crippen MR) is 209 cm³/mol. The van der Waals surface area contributed by atoms with Crippen LogP contribution in [-0.2, 0) is 22.6 Å². The normalized spacial score (nSPS) is 15.5. The molecule has 1 saturated heterocycles. The van der Waals surface area contributed by atoms with Crippen molar-refractivity contribution in [2.24, 2.45) is 11.1 Å². The van der Waals surface area contributed by atoms with E-state index >= 15 is 4.39 Å². The number of anilines is 2. The number of H-pyrrole nitrogens is 1. The summed E-state index contributed by atoms with van der Waals surface area (Å²) in [7, 11) is 3.71. The third-order valence-corrected chi connectivity index (χ3v) is 11.0. The number of likely N-dealkylation sites (N-methyl/N-ethyl adjacent to an activating group) is 1. The van der Waals surface area contributed by atoms with Crippen LogP contribution in [0.25, 0.3) is 22.5 Å². The van der Waals surface area contributed by atoms with E-state index in [9.17, 15) is 14.0 Å². The number of benzene rings is 3. The van der Waals surface area contributed by atoms with Gasteiger partial charge in [-0.15, -0.1) is 0 Å². The molecule has 2 amide bonds. The van der Waals surface area contributed by atoms with Gasteiger partial charge < -0.3 is 24.5 Å². The van der Waals surface area contributed by atoms with Crippen molar-refractivity contribution in [3.63, 3.8) is 0 Å². The molecule has 3 N–H and O–H groups in total. The number of ether oxygens (including phenoxy) is 2. The number of carbonyl (C=O) groups is 2. The molecule has 1 aliphatic carbocycles. The zero-order chi connectivity index (χ0) is 39.1. The van der Waals surface area contributed by atoms with Crippen molar-refractivity contribution in [1.82, 2.24) is 25.0 Å². The standard InChI is InChI=1S/C41H38BrF2N7O5/c1-49-15-17-50(18-16-49)23-30-21-31(42)37(55-30)35-34-36(25(22-46-38(34)48-47-35)19-24-3-10-29(54-2)11-4-24)56-33-12-9-28(20-32(33)44)51(27-7-5-26(43)6-8-27)40(53)41(13-14-41)39(45)52/h3-12,20-22H,13-19,23H2,1-2H3,(H2,45,52)(H,46,47,48). The van der Waals surface area contributed by atoms with Gasteiger partial charge in [-0.3, -0.25) is 24.5 Å². The van der Waals surface area contributed by atoms with E-state index in [0.717, 1.165) is 43.6 Å². The van der Waals surface area contributed by atoms with E-state index in [1.165, 1.54) is 41.3 Å². The highest BCUT2D eigenvalue weighted by molar-refractivity contribution is 9.10. The molecule has 1 saturated carbocycles. The molecule has 3 aromatic heterocycles. The monoisotopic (exact) mass is 825 g/mol. The minimum absolute atomic E-state index is 0.105. The third-order valence-electron chi connectivity index (χ3n) is 10.4. The lowest BCUT2D eigenvalue weighted by Gasteiger charge is -2.31. The number of hydrogen-bond donors (Lipinski definition) is 2. The number of nitrogens with two attached hydrogens (primary N) is 1. The van der Waals surface area contributed by atoms with E-state index in [1.54, 1.807) is 13.3 Å². The number of furan rings is 1. The molecule has 6 aromatic rings. The number of aromatic amines is 1. The molecule has 3 aromatic carbocycles. The zero-order valence-electron chi connectivity index (χ0n) is 30.7. The van der Waals surface area contributed by atoms with E-state index < -0.39 is 28.9 Å². The van der Waals surface area contributed by atoms with Crippen LogP contribution < -0.4 is 20.1 Å². The maximum absolute atomic E-state index is 16.4. The Kier molecular flexibility index (Phi) is 10.1. The maximum atomic E-state index is 16.4. The molecule has 0 bridgehead atoms. The smallest absolute Gasteiger partial charge is 0.247 e. The van der Waals surface area contributed by atoms with Crippen molar-refractivity contribution in [1.29, 1.82) is 0 Å². The number of nitrogens with one attached hydrogen (secondary N) is 1. The molecule has 56 heavy (non-hydrogen) atoms. The number of methoxy groups -OCH3 is 1. The number of fused-ring (bicyclic) bond motifs is 1. The SMILES string of the molecule is COc1ccc(Cc2cnc3n[nH]c(-c4oc(CN5CCN(C)CC5)cc4Br)c3c2Oc2ccc(N(C(=O)C3(C(N)=O)CC3)c3ccc(F)cc3)cc2F)cc1. The highest BCUT2D eigenvalue weighted by Gasteiger charge is 2.57. The Hall–Kier alpha value is -5.64. The van der Waals surface area contributed by atoms with Crippen LogP contribution in [0.3, 0.4) is 0 Å². The summed E-state index contributed by atoms with van der Waals surface area (Å²) in [6.45, 7) is 4.39. The Morgan fingerprint density at radius 1 is 1.00 bits per heavy atom.